The number of rotatable bonds is 2. The molecule has 0 spiro atoms. The van der Waals surface area contributed by atoms with Gasteiger partial charge in [0.15, 0.2) is 5.78 Å². The van der Waals surface area contributed by atoms with Crippen LogP contribution in [0.3, 0.4) is 0 Å². The monoisotopic (exact) mass is 228 g/mol. The lowest BCUT2D eigenvalue weighted by molar-refractivity contribution is -0.119. The molecule has 1 atom stereocenters. The van der Waals surface area contributed by atoms with E-state index in [2.05, 4.69) is 22.0 Å². The molecule has 3 rings (SSSR count). The van der Waals surface area contributed by atoms with Crippen LogP contribution in [0.4, 0.5) is 0 Å². The van der Waals surface area contributed by atoms with E-state index >= 15 is 0 Å². The van der Waals surface area contributed by atoms with Crippen LogP contribution < -0.4 is 0 Å². The fourth-order valence-corrected chi connectivity index (χ4v) is 2.63. The quantitative estimate of drug-likeness (QED) is 0.853. The first kappa shape index (κ1) is 10.5. The Labute approximate surface area is 100 Å². The van der Waals surface area contributed by atoms with Gasteiger partial charge < -0.3 is 4.98 Å². The number of fused-ring (bicyclic) bond motifs is 1. The highest BCUT2D eigenvalue weighted by Crippen LogP contribution is 2.22. The summed E-state index contributed by atoms with van der Waals surface area (Å²) < 4.78 is 0. The third kappa shape index (κ3) is 1.76. The van der Waals surface area contributed by atoms with Crippen molar-refractivity contribution >= 4 is 16.7 Å². The molecular weight excluding hydrogens is 212 g/mol. The van der Waals surface area contributed by atoms with Crippen molar-refractivity contribution in [2.75, 3.05) is 13.6 Å². The Morgan fingerprint density at radius 3 is 3.00 bits per heavy atom. The van der Waals surface area contributed by atoms with Crippen LogP contribution in [0.5, 0.6) is 0 Å². The van der Waals surface area contributed by atoms with Crippen LogP contribution in [0.25, 0.3) is 10.9 Å². The number of carbonyl (C=O) groups excluding carboxylic acids is 1. The van der Waals surface area contributed by atoms with Crippen LogP contribution in [0, 0.1) is 0 Å². The Bertz CT molecular complexity index is 558. The number of Topliss-reactive ketones (excluding diaryl/α,β-unsaturated/α-hetero) is 1. The number of ketones is 1. The summed E-state index contributed by atoms with van der Waals surface area (Å²) in [6.45, 7) is 0.895. The summed E-state index contributed by atoms with van der Waals surface area (Å²) in [4.78, 5) is 17.2. The second-order valence-corrected chi connectivity index (χ2v) is 4.78. The predicted molar refractivity (Wildman–Crippen MR) is 68.0 cm³/mol. The number of benzene rings is 1. The van der Waals surface area contributed by atoms with Crippen LogP contribution in [0.1, 0.15) is 12.0 Å². The fourth-order valence-electron chi connectivity index (χ4n) is 2.63. The van der Waals surface area contributed by atoms with Gasteiger partial charge in [-0.1, -0.05) is 18.2 Å². The maximum absolute atomic E-state index is 11.8. The normalized spacial score (nSPS) is 21.5. The van der Waals surface area contributed by atoms with E-state index in [0.29, 0.717) is 12.2 Å². The highest BCUT2D eigenvalue weighted by atomic mass is 16.1. The van der Waals surface area contributed by atoms with Gasteiger partial charge in [0, 0.05) is 30.1 Å². The molecule has 1 aliphatic heterocycles. The topological polar surface area (TPSA) is 36.1 Å². The molecule has 3 heteroatoms. The number of likely N-dealkylation sites (tertiary alicyclic amines) is 1. The molecule has 0 aliphatic carbocycles. The number of hydrogen-bond donors (Lipinski definition) is 1. The third-order valence-corrected chi connectivity index (χ3v) is 3.70. The van der Waals surface area contributed by atoms with Crippen LogP contribution in [-0.4, -0.2) is 35.3 Å². The number of hydrogen-bond acceptors (Lipinski definition) is 2. The summed E-state index contributed by atoms with van der Waals surface area (Å²) in [6, 6.07) is 8.31. The van der Waals surface area contributed by atoms with Crippen molar-refractivity contribution in [3.63, 3.8) is 0 Å². The minimum atomic E-state index is 0.0641. The van der Waals surface area contributed by atoms with E-state index in [-0.39, 0.29) is 6.04 Å². The summed E-state index contributed by atoms with van der Waals surface area (Å²) in [6.07, 6.45) is 3.55. The number of aromatic amines is 1. The first-order valence-corrected chi connectivity index (χ1v) is 6.03. The molecule has 88 valence electrons. The largest absolute Gasteiger partial charge is 0.361 e. The van der Waals surface area contributed by atoms with Crippen molar-refractivity contribution in [1.82, 2.24) is 9.88 Å². The summed E-state index contributed by atoms with van der Waals surface area (Å²) in [5.41, 5.74) is 2.39. The van der Waals surface area contributed by atoms with Crippen LogP contribution in [0.15, 0.2) is 30.5 Å². The van der Waals surface area contributed by atoms with Gasteiger partial charge in [0.1, 0.15) is 0 Å². The molecule has 0 amide bonds. The molecule has 1 N–H and O–H groups in total. The molecule has 1 fully saturated rings. The van der Waals surface area contributed by atoms with Crippen molar-refractivity contribution in [1.29, 1.82) is 0 Å². The first-order valence-electron chi connectivity index (χ1n) is 6.03. The molecule has 0 unspecified atom stereocenters. The van der Waals surface area contributed by atoms with Gasteiger partial charge in [0.25, 0.3) is 0 Å². The van der Waals surface area contributed by atoms with Gasteiger partial charge in [0.2, 0.25) is 0 Å². The van der Waals surface area contributed by atoms with E-state index in [9.17, 15) is 4.79 Å². The van der Waals surface area contributed by atoms with Crippen LogP contribution in [-0.2, 0) is 11.2 Å². The Kier molecular flexibility index (Phi) is 2.48. The van der Waals surface area contributed by atoms with Crippen molar-refractivity contribution < 1.29 is 4.79 Å². The van der Waals surface area contributed by atoms with Gasteiger partial charge in [-0.05, 0) is 25.1 Å². The number of nitrogens with zero attached hydrogens (tertiary/aromatic N) is 1. The van der Waals surface area contributed by atoms with Crippen molar-refractivity contribution in [3.8, 4) is 0 Å². The molecular formula is C14H16N2O. The molecule has 17 heavy (non-hydrogen) atoms. The summed E-state index contributed by atoms with van der Waals surface area (Å²) in [5.74, 6) is 0.373. The first-order chi connectivity index (χ1) is 8.25. The predicted octanol–water partition coefficient (Wildman–Crippen LogP) is 1.98. The Morgan fingerprint density at radius 1 is 1.41 bits per heavy atom. The summed E-state index contributed by atoms with van der Waals surface area (Å²) >= 11 is 0. The van der Waals surface area contributed by atoms with E-state index in [1.807, 2.05) is 25.4 Å². The average molecular weight is 228 g/mol. The highest BCUT2D eigenvalue weighted by molar-refractivity contribution is 5.88. The maximum atomic E-state index is 11.8. The molecule has 2 aromatic rings. The minimum Gasteiger partial charge on any atom is -0.361 e. The Balaban J connectivity index is 1.92. The van der Waals surface area contributed by atoms with E-state index in [1.165, 1.54) is 10.9 Å². The molecule has 1 saturated heterocycles. The molecule has 0 radical (unpaired) electrons. The van der Waals surface area contributed by atoms with Gasteiger partial charge in [0.05, 0.1) is 6.04 Å². The molecule has 0 saturated carbocycles. The van der Waals surface area contributed by atoms with E-state index in [0.717, 1.165) is 18.5 Å². The van der Waals surface area contributed by atoms with Crippen molar-refractivity contribution in [2.45, 2.75) is 18.9 Å². The standard InChI is InChI=1S/C14H16N2O/c1-16-7-6-14(17)13(16)8-10-9-15-12-5-3-2-4-11(10)12/h2-5,9,13,15H,6-8H2,1H3/t13-/m0/s1. The smallest absolute Gasteiger partial charge is 0.151 e. The van der Waals surface area contributed by atoms with Gasteiger partial charge in [-0.25, -0.2) is 0 Å². The SMILES string of the molecule is CN1CCC(=O)[C@@H]1Cc1c[nH]c2ccccc12. The molecule has 1 aromatic carbocycles. The zero-order valence-corrected chi connectivity index (χ0v) is 9.94. The lowest BCUT2D eigenvalue weighted by Crippen LogP contribution is -2.31. The van der Waals surface area contributed by atoms with E-state index < -0.39 is 0 Å². The molecule has 1 aromatic heterocycles. The molecule has 0 bridgehead atoms. The zero-order chi connectivity index (χ0) is 11.8. The molecule has 2 heterocycles. The van der Waals surface area contributed by atoms with Crippen LogP contribution >= 0.6 is 0 Å². The minimum absolute atomic E-state index is 0.0641. The number of likely N-dealkylation sites (N-methyl/N-ethyl adjacent to an activating group) is 1. The second-order valence-electron chi connectivity index (χ2n) is 4.78. The summed E-state index contributed by atoms with van der Waals surface area (Å²) in [7, 11) is 2.03. The lowest BCUT2D eigenvalue weighted by Gasteiger charge is -2.17. The van der Waals surface area contributed by atoms with Crippen molar-refractivity contribution in [3.05, 3.63) is 36.0 Å². The zero-order valence-electron chi connectivity index (χ0n) is 9.94. The number of carbonyl (C=O) groups is 1. The highest BCUT2D eigenvalue weighted by Gasteiger charge is 2.29. The van der Waals surface area contributed by atoms with E-state index in [1.54, 1.807) is 0 Å². The maximum Gasteiger partial charge on any atom is 0.151 e. The van der Waals surface area contributed by atoms with Gasteiger partial charge in [-0.3, -0.25) is 9.69 Å². The average Bonchev–Trinajstić information content (AvgIpc) is 2.88. The fraction of sp³-hybridized carbons (Fsp3) is 0.357. The van der Waals surface area contributed by atoms with Gasteiger partial charge in [-0.15, -0.1) is 0 Å². The number of nitrogens with one attached hydrogen (secondary N) is 1. The molecule has 1 aliphatic rings. The Hall–Kier alpha value is -1.61. The van der Waals surface area contributed by atoms with Crippen LogP contribution in [0.2, 0.25) is 0 Å². The van der Waals surface area contributed by atoms with Crippen molar-refractivity contribution in [2.24, 2.45) is 0 Å². The van der Waals surface area contributed by atoms with E-state index in [4.69, 9.17) is 0 Å². The summed E-state index contributed by atoms with van der Waals surface area (Å²) in [5, 5.41) is 1.24. The second kappa shape index (κ2) is 4.00. The molecule has 3 nitrogen and oxygen atoms in total. The third-order valence-electron chi connectivity index (χ3n) is 3.70. The van der Waals surface area contributed by atoms with Gasteiger partial charge in [-0.2, -0.15) is 0 Å². The number of para-hydroxylation sites is 1. The number of H-pyrrole nitrogens is 1. The van der Waals surface area contributed by atoms with Gasteiger partial charge >= 0.3 is 0 Å². The number of aromatic nitrogens is 1. The Morgan fingerprint density at radius 2 is 2.24 bits per heavy atom. The lowest BCUT2D eigenvalue weighted by atomic mass is 10.0.